The SMILES string of the molecule is Cc1c(N2CCN(C)CC2)cc(C#N)cc1[N+](=O)[O-]. The highest BCUT2D eigenvalue weighted by molar-refractivity contribution is 5.65. The predicted molar refractivity (Wildman–Crippen MR) is 72.3 cm³/mol. The van der Waals surface area contributed by atoms with E-state index in [9.17, 15) is 10.1 Å². The molecule has 0 bridgehead atoms. The number of anilines is 1. The summed E-state index contributed by atoms with van der Waals surface area (Å²) < 4.78 is 0. The molecule has 0 saturated carbocycles. The maximum atomic E-state index is 11.0. The maximum Gasteiger partial charge on any atom is 0.275 e. The van der Waals surface area contributed by atoms with Crippen LogP contribution in [0.2, 0.25) is 0 Å². The van der Waals surface area contributed by atoms with Crippen LogP contribution in [0.3, 0.4) is 0 Å². The Labute approximate surface area is 112 Å². The normalized spacial score (nSPS) is 16.2. The van der Waals surface area contributed by atoms with E-state index in [1.807, 2.05) is 6.07 Å². The summed E-state index contributed by atoms with van der Waals surface area (Å²) in [6.07, 6.45) is 0. The van der Waals surface area contributed by atoms with E-state index >= 15 is 0 Å². The highest BCUT2D eigenvalue weighted by atomic mass is 16.6. The number of nitro benzene ring substituents is 1. The number of rotatable bonds is 2. The van der Waals surface area contributed by atoms with Crippen molar-refractivity contribution in [3.8, 4) is 6.07 Å². The van der Waals surface area contributed by atoms with Gasteiger partial charge in [-0.25, -0.2) is 0 Å². The zero-order valence-electron chi connectivity index (χ0n) is 11.1. The van der Waals surface area contributed by atoms with E-state index in [0.29, 0.717) is 11.1 Å². The number of piperazine rings is 1. The molecule has 0 spiro atoms. The molecule has 1 fully saturated rings. The molecule has 0 aromatic heterocycles. The van der Waals surface area contributed by atoms with Crippen LogP contribution in [0.4, 0.5) is 11.4 Å². The highest BCUT2D eigenvalue weighted by Crippen LogP contribution is 2.30. The summed E-state index contributed by atoms with van der Waals surface area (Å²) in [5.74, 6) is 0. The van der Waals surface area contributed by atoms with Gasteiger partial charge in [-0.3, -0.25) is 10.1 Å². The van der Waals surface area contributed by atoms with Gasteiger partial charge in [-0.15, -0.1) is 0 Å². The van der Waals surface area contributed by atoms with E-state index in [2.05, 4.69) is 16.8 Å². The van der Waals surface area contributed by atoms with Crippen LogP contribution < -0.4 is 4.90 Å². The monoisotopic (exact) mass is 260 g/mol. The van der Waals surface area contributed by atoms with Gasteiger partial charge in [-0.2, -0.15) is 5.26 Å². The number of hydrogen-bond donors (Lipinski definition) is 0. The summed E-state index contributed by atoms with van der Waals surface area (Å²) in [5, 5.41) is 20.0. The number of nitro groups is 1. The molecule has 1 aliphatic rings. The number of nitriles is 1. The molecule has 1 saturated heterocycles. The summed E-state index contributed by atoms with van der Waals surface area (Å²) in [7, 11) is 2.05. The molecule has 0 N–H and O–H groups in total. The first kappa shape index (κ1) is 13.3. The maximum absolute atomic E-state index is 11.0. The van der Waals surface area contributed by atoms with Gasteiger partial charge in [0, 0.05) is 37.9 Å². The molecule has 0 atom stereocenters. The molecular weight excluding hydrogens is 244 g/mol. The minimum Gasteiger partial charge on any atom is -0.369 e. The molecule has 19 heavy (non-hydrogen) atoms. The molecular formula is C13H16N4O2. The average molecular weight is 260 g/mol. The number of likely N-dealkylation sites (N-methyl/N-ethyl adjacent to an activating group) is 1. The Bertz CT molecular complexity index is 542. The standard InChI is InChI=1S/C13H16N4O2/c1-10-12(16-5-3-15(2)4-6-16)7-11(9-14)8-13(10)17(18)19/h7-8H,3-6H2,1-2H3. The van der Waals surface area contributed by atoms with Crippen molar-refractivity contribution >= 4 is 11.4 Å². The van der Waals surface area contributed by atoms with E-state index in [1.54, 1.807) is 13.0 Å². The Kier molecular flexibility index (Phi) is 3.67. The van der Waals surface area contributed by atoms with Gasteiger partial charge >= 0.3 is 0 Å². The molecule has 2 rings (SSSR count). The molecule has 0 unspecified atom stereocenters. The third kappa shape index (κ3) is 2.66. The highest BCUT2D eigenvalue weighted by Gasteiger charge is 2.22. The lowest BCUT2D eigenvalue weighted by molar-refractivity contribution is -0.385. The second-order valence-corrected chi connectivity index (χ2v) is 4.80. The fourth-order valence-corrected chi connectivity index (χ4v) is 2.31. The van der Waals surface area contributed by atoms with Crippen molar-refractivity contribution in [1.29, 1.82) is 5.26 Å². The van der Waals surface area contributed by atoms with Crippen LogP contribution in [0, 0.1) is 28.4 Å². The first-order chi connectivity index (χ1) is 9.02. The van der Waals surface area contributed by atoms with Crippen LogP contribution in [-0.2, 0) is 0 Å². The van der Waals surface area contributed by atoms with E-state index < -0.39 is 4.92 Å². The average Bonchev–Trinajstić information content (AvgIpc) is 2.40. The van der Waals surface area contributed by atoms with Gasteiger partial charge in [0.25, 0.3) is 5.69 Å². The molecule has 6 nitrogen and oxygen atoms in total. The van der Waals surface area contributed by atoms with E-state index in [-0.39, 0.29) is 5.69 Å². The fraction of sp³-hybridized carbons (Fsp3) is 0.462. The van der Waals surface area contributed by atoms with Crippen LogP contribution >= 0.6 is 0 Å². The molecule has 0 radical (unpaired) electrons. The third-order valence-corrected chi connectivity index (χ3v) is 3.52. The molecule has 100 valence electrons. The zero-order chi connectivity index (χ0) is 14.0. The Morgan fingerprint density at radius 2 is 1.95 bits per heavy atom. The molecule has 0 amide bonds. The first-order valence-electron chi connectivity index (χ1n) is 6.15. The lowest BCUT2D eigenvalue weighted by atomic mass is 10.1. The Morgan fingerprint density at radius 1 is 1.32 bits per heavy atom. The van der Waals surface area contributed by atoms with Gasteiger partial charge in [-0.1, -0.05) is 0 Å². The van der Waals surface area contributed by atoms with Crippen LogP contribution in [0.5, 0.6) is 0 Å². The molecule has 1 aromatic rings. The fourth-order valence-electron chi connectivity index (χ4n) is 2.31. The lowest BCUT2D eigenvalue weighted by Crippen LogP contribution is -2.44. The zero-order valence-corrected chi connectivity index (χ0v) is 11.1. The van der Waals surface area contributed by atoms with Gasteiger partial charge in [-0.05, 0) is 20.0 Å². The molecule has 1 aliphatic heterocycles. The van der Waals surface area contributed by atoms with Gasteiger partial charge in [0.05, 0.1) is 22.1 Å². The number of nitrogens with zero attached hydrogens (tertiary/aromatic N) is 4. The summed E-state index contributed by atoms with van der Waals surface area (Å²) in [4.78, 5) is 15.0. The number of hydrogen-bond acceptors (Lipinski definition) is 5. The molecule has 1 heterocycles. The Morgan fingerprint density at radius 3 is 2.47 bits per heavy atom. The van der Waals surface area contributed by atoms with Crippen LogP contribution in [0.15, 0.2) is 12.1 Å². The summed E-state index contributed by atoms with van der Waals surface area (Å²) in [6.45, 7) is 5.23. The second kappa shape index (κ2) is 5.24. The van der Waals surface area contributed by atoms with Crippen LogP contribution in [-0.4, -0.2) is 43.0 Å². The summed E-state index contributed by atoms with van der Waals surface area (Å²) in [5.41, 5.74) is 1.80. The van der Waals surface area contributed by atoms with Gasteiger partial charge in [0.15, 0.2) is 0 Å². The smallest absolute Gasteiger partial charge is 0.275 e. The lowest BCUT2D eigenvalue weighted by Gasteiger charge is -2.34. The Balaban J connectivity index is 2.42. The van der Waals surface area contributed by atoms with Gasteiger partial charge in [0.2, 0.25) is 0 Å². The van der Waals surface area contributed by atoms with E-state index in [1.165, 1.54) is 6.07 Å². The molecule has 6 heteroatoms. The van der Waals surface area contributed by atoms with Crippen molar-refractivity contribution in [2.24, 2.45) is 0 Å². The minimum atomic E-state index is -0.421. The molecule has 1 aromatic carbocycles. The van der Waals surface area contributed by atoms with Crippen molar-refractivity contribution < 1.29 is 4.92 Å². The summed E-state index contributed by atoms with van der Waals surface area (Å²) in [6, 6.07) is 5.08. The van der Waals surface area contributed by atoms with Crippen LogP contribution in [0.25, 0.3) is 0 Å². The summed E-state index contributed by atoms with van der Waals surface area (Å²) >= 11 is 0. The van der Waals surface area contributed by atoms with Crippen LogP contribution in [0.1, 0.15) is 11.1 Å². The third-order valence-electron chi connectivity index (χ3n) is 3.52. The van der Waals surface area contributed by atoms with Crippen molar-refractivity contribution in [2.45, 2.75) is 6.92 Å². The van der Waals surface area contributed by atoms with Crippen molar-refractivity contribution in [2.75, 3.05) is 38.1 Å². The molecule has 0 aliphatic carbocycles. The number of benzene rings is 1. The van der Waals surface area contributed by atoms with Crippen molar-refractivity contribution in [3.63, 3.8) is 0 Å². The predicted octanol–water partition coefficient (Wildman–Crippen LogP) is 1.53. The van der Waals surface area contributed by atoms with Gasteiger partial charge < -0.3 is 9.80 Å². The Hall–Kier alpha value is -2.13. The quantitative estimate of drug-likeness (QED) is 0.595. The topological polar surface area (TPSA) is 73.4 Å². The van der Waals surface area contributed by atoms with Crippen molar-refractivity contribution in [3.05, 3.63) is 33.4 Å². The van der Waals surface area contributed by atoms with E-state index in [0.717, 1.165) is 31.9 Å². The van der Waals surface area contributed by atoms with Gasteiger partial charge in [0.1, 0.15) is 0 Å². The second-order valence-electron chi connectivity index (χ2n) is 4.80. The largest absolute Gasteiger partial charge is 0.369 e. The first-order valence-corrected chi connectivity index (χ1v) is 6.15. The van der Waals surface area contributed by atoms with Crippen molar-refractivity contribution in [1.82, 2.24) is 4.90 Å². The minimum absolute atomic E-state index is 0.0213. The van der Waals surface area contributed by atoms with E-state index in [4.69, 9.17) is 5.26 Å².